The molecule has 0 amide bonds. The molecule has 4 rings (SSSR count). The Balaban J connectivity index is 1.78. The first-order valence-electron chi connectivity index (χ1n) is 11.4. The van der Waals surface area contributed by atoms with Crippen molar-refractivity contribution in [1.29, 1.82) is 0 Å². The number of nitrogens with one attached hydrogen (secondary N) is 1. The number of carbonyl (C=O) groups is 2. The topological polar surface area (TPSA) is 102 Å². The monoisotopic (exact) mass is 552 g/mol. The van der Waals surface area contributed by atoms with Crippen molar-refractivity contribution < 1.29 is 23.8 Å². The van der Waals surface area contributed by atoms with Gasteiger partial charge in [0, 0.05) is 46.3 Å². The molecule has 0 radical (unpaired) electrons. The lowest BCUT2D eigenvalue weighted by atomic mass is 9.95. The highest BCUT2D eigenvalue weighted by Crippen LogP contribution is 2.37. The highest BCUT2D eigenvalue weighted by atomic mass is 35.5. The Morgan fingerprint density at radius 3 is 2.75 bits per heavy atom. The quantitative estimate of drug-likeness (QED) is 0.497. The first kappa shape index (κ1) is 26.6. The second-order valence-electron chi connectivity index (χ2n) is 8.07. The second kappa shape index (κ2) is 12.2. The number of hydrogen-bond donors (Lipinski definition) is 1. The Kier molecular flexibility index (Phi) is 8.97. The summed E-state index contributed by atoms with van der Waals surface area (Å²) in [6, 6.07) is 4.35. The summed E-state index contributed by atoms with van der Waals surface area (Å²) < 4.78 is 15.7. The number of ether oxygens (including phenoxy) is 3. The smallest absolute Gasteiger partial charge is 0.338 e. The van der Waals surface area contributed by atoms with Crippen LogP contribution in [0.25, 0.3) is 0 Å². The maximum atomic E-state index is 13.2. The lowest BCUT2D eigenvalue weighted by Crippen LogP contribution is -2.43. The van der Waals surface area contributed by atoms with Crippen LogP contribution in [-0.2, 0) is 30.2 Å². The van der Waals surface area contributed by atoms with Gasteiger partial charge in [-0.15, -0.1) is 11.3 Å². The molecule has 2 aliphatic heterocycles. The summed E-state index contributed by atoms with van der Waals surface area (Å²) in [5, 5.41) is 6.55. The lowest BCUT2D eigenvalue weighted by Gasteiger charge is -2.32. The maximum absolute atomic E-state index is 13.2. The molecule has 1 aromatic heterocycles. The van der Waals surface area contributed by atoms with E-state index in [0.29, 0.717) is 63.2 Å². The number of nitrogens with zero attached hydrogens (tertiary/aromatic N) is 3. The molecule has 1 N–H and O–H groups in total. The third-order valence-corrected chi connectivity index (χ3v) is 7.13. The Labute approximate surface area is 223 Å². The van der Waals surface area contributed by atoms with Gasteiger partial charge in [0.1, 0.15) is 6.04 Å². The molecule has 1 unspecified atom stereocenters. The standard InChI is InChI=1S/C24H26Cl2N4O5S/c1-3-35-24(32)20-18(12-30-6-8-34-9-7-30)28-22(23-27-15(13-36-23)11-19(31)33-2)29-21(20)16-5-4-14(25)10-17(16)26/h4-5,10,13,21H,3,6-9,11-12H2,1-2H3,(H,28,29). The van der Waals surface area contributed by atoms with Crippen LogP contribution in [0.15, 0.2) is 39.8 Å². The number of hydrogen-bond acceptors (Lipinski definition) is 10. The minimum absolute atomic E-state index is 0.0528. The number of carbonyl (C=O) groups excluding carboxylic acids is 2. The molecular weight excluding hydrogens is 527 g/mol. The van der Waals surface area contributed by atoms with E-state index in [1.165, 1.54) is 18.4 Å². The van der Waals surface area contributed by atoms with Crippen molar-refractivity contribution in [2.45, 2.75) is 19.4 Å². The minimum atomic E-state index is -0.742. The summed E-state index contributed by atoms with van der Waals surface area (Å²) in [6.07, 6.45) is 0.0528. The third-order valence-electron chi connectivity index (χ3n) is 5.67. The number of morpholine rings is 1. The number of esters is 2. The van der Waals surface area contributed by atoms with Crippen LogP contribution in [0.3, 0.4) is 0 Å². The van der Waals surface area contributed by atoms with Crippen molar-refractivity contribution in [2.24, 2.45) is 4.99 Å². The minimum Gasteiger partial charge on any atom is -0.469 e. The maximum Gasteiger partial charge on any atom is 0.338 e. The number of rotatable bonds is 8. The summed E-state index contributed by atoms with van der Waals surface area (Å²) in [7, 11) is 1.34. The van der Waals surface area contributed by atoms with E-state index in [1.807, 2.05) is 0 Å². The largest absolute Gasteiger partial charge is 0.469 e. The molecule has 2 aromatic rings. The molecule has 192 valence electrons. The molecule has 3 heterocycles. The molecule has 36 heavy (non-hydrogen) atoms. The third kappa shape index (κ3) is 6.24. The van der Waals surface area contributed by atoms with E-state index in [2.05, 4.69) is 15.2 Å². The fraction of sp³-hybridized carbons (Fsp3) is 0.417. The second-order valence-corrected chi connectivity index (χ2v) is 9.77. The van der Waals surface area contributed by atoms with Crippen molar-refractivity contribution >= 4 is 52.3 Å². The fourth-order valence-electron chi connectivity index (χ4n) is 3.93. The summed E-state index contributed by atoms with van der Waals surface area (Å²) in [5.41, 5.74) is 2.22. The zero-order valence-corrected chi connectivity index (χ0v) is 22.2. The molecule has 1 fully saturated rings. The molecule has 1 atom stereocenters. The number of aromatic nitrogens is 1. The first-order chi connectivity index (χ1) is 17.4. The molecular formula is C24H26Cl2N4O5S. The zero-order chi connectivity index (χ0) is 25.7. The van der Waals surface area contributed by atoms with Crippen LogP contribution in [0.2, 0.25) is 10.0 Å². The van der Waals surface area contributed by atoms with Gasteiger partial charge in [0.25, 0.3) is 0 Å². The Morgan fingerprint density at radius 1 is 1.28 bits per heavy atom. The number of thiazole rings is 1. The van der Waals surface area contributed by atoms with Crippen molar-refractivity contribution in [2.75, 3.05) is 46.6 Å². The van der Waals surface area contributed by atoms with E-state index in [4.69, 9.17) is 42.4 Å². The van der Waals surface area contributed by atoms with Gasteiger partial charge in [-0.25, -0.2) is 9.78 Å². The normalized spacial score (nSPS) is 18.4. The van der Waals surface area contributed by atoms with E-state index in [0.717, 1.165) is 13.1 Å². The Bertz CT molecular complexity index is 1190. The first-order valence-corrected chi connectivity index (χ1v) is 13.0. The van der Waals surface area contributed by atoms with Gasteiger partial charge in [0.15, 0.2) is 10.8 Å². The predicted molar refractivity (Wildman–Crippen MR) is 138 cm³/mol. The summed E-state index contributed by atoms with van der Waals surface area (Å²) in [5.74, 6) is -0.380. The molecule has 1 aromatic carbocycles. The average molecular weight is 553 g/mol. The molecule has 12 heteroatoms. The molecule has 0 aliphatic carbocycles. The van der Waals surface area contributed by atoms with Crippen LogP contribution in [0.5, 0.6) is 0 Å². The van der Waals surface area contributed by atoms with Gasteiger partial charge >= 0.3 is 11.9 Å². The molecule has 9 nitrogen and oxygen atoms in total. The molecule has 2 aliphatic rings. The van der Waals surface area contributed by atoms with Crippen molar-refractivity contribution in [3.8, 4) is 0 Å². The number of methoxy groups -OCH3 is 1. The van der Waals surface area contributed by atoms with E-state index in [9.17, 15) is 9.59 Å². The fourth-order valence-corrected chi connectivity index (χ4v) is 5.21. The van der Waals surface area contributed by atoms with Gasteiger partial charge in [0.2, 0.25) is 0 Å². The van der Waals surface area contributed by atoms with E-state index < -0.39 is 12.0 Å². The average Bonchev–Trinajstić information content (AvgIpc) is 3.32. The summed E-state index contributed by atoms with van der Waals surface area (Å²) >= 11 is 14.1. The molecule has 1 saturated heterocycles. The summed E-state index contributed by atoms with van der Waals surface area (Å²) in [4.78, 5) is 36.6. The molecule has 0 saturated carbocycles. The number of halogens is 2. The van der Waals surface area contributed by atoms with Gasteiger partial charge in [-0.2, -0.15) is 0 Å². The molecule has 0 spiro atoms. The van der Waals surface area contributed by atoms with Crippen molar-refractivity contribution in [1.82, 2.24) is 15.2 Å². The predicted octanol–water partition coefficient (Wildman–Crippen LogP) is 3.41. The van der Waals surface area contributed by atoms with Gasteiger partial charge in [0.05, 0.1) is 44.6 Å². The van der Waals surface area contributed by atoms with E-state index in [1.54, 1.807) is 30.5 Å². The number of benzene rings is 1. The van der Waals surface area contributed by atoms with E-state index >= 15 is 0 Å². The summed E-state index contributed by atoms with van der Waals surface area (Å²) in [6.45, 7) is 5.10. The molecule has 0 bridgehead atoms. The lowest BCUT2D eigenvalue weighted by molar-refractivity contribution is -0.140. The van der Waals surface area contributed by atoms with Crippen LogP contribution in [-0.4, -0.2) is 74.2 Å². The Hall–Kier alpha value is -2.50. The van der Waals surface area contributed by atoms with Gasteiger partial charge in [-0.05, 0) is 19.1 Å². The van der Waals surface area contributed by atoms with Crippen LogP contribution in [0, 0.1) is 0 Å². The number of aliphatic imine (C=N–C) groups is 1. The Morgan fingerprint density at radius 2 is 2.06 bits per heavy atom. The van der Waals surface area contributed by atoms with Gasteiger partial charge in [-0.3, -0.25) is 14.7 Å². The van der Waals surface area contributed by atoms with E-state index in [-0.39, 0.29) is 19.0 Å². The highest BCUT2D eigenvalue weighted by molar-refractivity contribution is 7.11. The van der Waals surface area contributed by atoms with Crippen LogP contribution in [0.4, 0.5) is 0 Å². The number of amidine groups is 1. The van der Waals surface area contributed by atoms with Crippen molar-refractivity contribution in [3.05, 3.63) is 61.2 Å². The SMILES string of the molecule is CCOC(=O)C1=C(CN2CCOCC2)NC(c2nc(CC(=O)OC)cs2)=NC1c1ccc(Cl)cc1Cl. The zero-order valence-electron chi connectivity index (χ0n) is 19.9. The van der Waals surface area contributed by atoms with Crippen LogP contribution >= 0.6 is 34.5 Å². The highest BCUT2D eigenvalue weighted by Gasteiger charge is 2.35. The van der Waals surface area contributed by atoms with Crippen LogP contribution < -0.4 is 5.32 Å². The van der Waals surface area contributed by atoms with Crippen molar-refractivity contribution in [3.63, 3.8) is 0 Å². The van der Waals surface area contributed by atoms with Gasteiger partial charge < -0.3 is 19.5 Å². The van der Waals surface area contributed by atoms with Crippen LogP contribution in [0.1, 0.15) is 29.2 Å². The van der Waals surface area contributed by atoms with Gasteiger partial charge in [-0.1, -0.05) is 29.3 Å².